The van der Waals surface area contributed by atoms with Gasteiger partial charge in [-0.1, -0.05) is 96.0 Å². The molecule has 0 aliphatic carbocycles. The summed E-state index contributed by atoms with van der Waals surface area (Å²) < 4.78 is 28.9. The van der Waals surface area contributed by atoms with Gasteiger partial charge in [0.25, 0.3) is 10.0 Å². The fourth-order valence-electron chi connectivity index (χ4n) is 4.62. The van der Waals surface area contributed by atoms with Crippen LogP contribution < -0.4 is 9.62 Å². The largest absolute Gasteiger partial charge is 0.355 e. The van der Waals surface area contributed by atoms with Crippen LogP contribution in [0, 0.1) is 6.92 Å². The van der Waals surface area contributed by atoms with Crippen LogP contribution in [-0.2, 0) is 32.6 Å². The molecule has 0 radical (unpaired) electrons. The first kappa shape index (κ1) is 30.8. The second-order valence-electron chi connectivity index (χ2n) is 9.91. The monoisotopic (exact) mass is 603 g/mol. The van der Waals surface area contributed by atoms with Gasteiger partial charge in [0, 0.05) is 24.5 Å². The summed E-state index contributed by atoms with van der Waals surface area (Å²) in [7, 11) is -4.17. The van der Waals surface area contributed by atoms with Gasteiger partial charge in [0.2, 0.25) is 11.8 Å². The lowest BCUT2D eigenvalue weighted by atomic mass is 10.0. The van der Waals surface area contributed by atoms with E-state index in [1.807, 2.05) is 68.4 Å². The summed E-state index contributed by atoms with van der Waals surface area (Å²) in [6, 6.07) is 30.5. The molecular weight excluding hydrogens is 570 g/mol. The molecule has 4 rings (SSSR count). The molecule has 7 nitrogen and oxygen atoms in total. The molecule has 1 atom stereocenters. The highest BCUT2D eigenvalue weighted by Gasteiger charge is 2.34. The first-order chi connectivity index (χ1) is 20.2. The number of sulfonamides is 1. The third kappa shape index (κ3) is 7.78. The van der Waals surface area contributed by atoms with Gasteiger partial charge < -0.3 is 10.2 Å². The molecule has 0 unspecified atom stereocenters. The van der Waals surface area contributed by atoms with Gasteiger partial charge in [-0.2, -0.15) is 0 Å². The first-order valence-electron chi connectivity index (χ1n) is 13.7. The molecule has 1 N–H and O–H groups in total. The van der Waals surface area contributed by atoms with Crippen molar-refractivity contribution < 1.29 is 18.0 Å². The van der Waals surface area contributed by atoms with Crippen molar-refractivity contribution in [1.82, 2.24) is 10.2 Å². The maximum Gasteiger partial charge on any atom is 0.264 e. The fraction of sp³-hybridized carbons (Fsp3) is 0.212. The third-order valence-electron chi connectivity index (χ3n) is 6.80. The number of likely N-dealkylation sites (N-methyl/N-ethyl adjacent to an activating group) is 1. The number of carbonyl (C=O) groups is 2. The van der Waals surface area contributed by atoms with E-state index in [2.05, 4.69) is 5.32 Å². The van der Waals surface area contributed by atoms with Crippen LogP contribution in [0.5, 0.6) is 0 Å². The molecule has 42 heavy (non-hydrogen) atoms. The highest BCUT2D eigenvalue weighted by atomic mass is 35.5. The van der Waals surface area contributed by atoms with E-state index in [1.54, 1.807) is 36.4 Å². The van der Waals surface area contributed by atoms with Crippen molar-refractivity contribution in [3.63, 3.8) is 0 Å². The summed E-state index contributed by atoms with van der Waals surface area (Å²) in [4.78, 5) is 29.3. The van der Waals surface area contributed by atoms with Crippen molar-refractivity contribution in [2.24, 2.45) is 0 Å². The normalized spacial score (nSPS) is 11.9. The third-order valence-corrected chi connectivity index (χ3v) is 8.83. The zero-order chi connectivity index (χ0) is 30.1. The molecule has 0 spiro atoms. The Kier molecular flexibility index (Phi) is 10.4. The minimum absolute atomic E-state index is 0.0346. The summed E-state index contributed by atoms with van der Waals surface area (Å²) >= 11 is 6.25. The van der Waals surface area contributed by atoms with Gasteiger partial charge in [0.05, 0.1) is 10.6 Å². The maximum atomic E-state index is 14.3. The number of rotatable bonds is 12. The lowest BCUT2D eigenvalue weighted by Gasteiger charge is -2.34. The maximum absolute atomic E-state index is 14.3. The van der Waals surface area contributed by atoms with E-state index in [0.717, 1.165) is 21.0 Å². The van der Waals surface area contributed by atoms with Gasteiger partial charge in [0.15, 0.2) is 0 Å². The van der Waals surface area contributed by atoms with Crippen molar-refractivity contribution in [3.8, 4) is 0 Å². The standard InChI is InChI=1S/C33H34ClN3O4S/c1-3-35-33(39)31(21-26-11-6-4-7-12-26)36(23-27-19-17-25(2)18-20-27)32(38)24-37(29-14-10-13-28(34)22-29)42(40,41)30-15-8-5-9-16-30/h4-20,22,31H,3,21,23-24H2,1-2H3,(H,35,39)/t31-/m0/s1. The first-order valence-corrected chi connectivity index (χ1v) is 15.5. The Morgan fingerprint density at radius 3 is 2.10 bits per heavy atom. The number of hydrogen-bond donors (Lipinski definition) is 1. The Balaban J connectivity index is 1.78. The predicted molar refractivity (Wildman–Crippen MR) is 167 cm³/mol. The number of benzene rings is 4. The summed E-state index contributed by atoms with van der Waals surface area (Å²) in [5.74, 6) is -0.843. The Morgan fingerprint density at radius 1 is 0.833 bits per heavy atom. The van der Waals surface area contributed by atoms with Crippen LogP contribution in [0.2, 0.25) is 5.02 Å². The van der Waals surface area contributed by atoms with Gasteiger partial charge in [-0.25, -0.2) is 8.42 Å². The number of carbonyl (C=O) groups excluding carboxylic acids is 2. The van der Waals surface area contributed by atoms with Crippen LogP contribution >= 0.6 is 11.6 Å². The average Bonchev–Trinajstić information content (AvgIpc) is 2.99. The van der Waals surface area contributed by atoms with Gasteiger partial charge in [0.1, 0.15) is 12.6 Å². The number of halogens is 1. The van der Waals surface area contributed by atoms with E-state index < -0.39 is 28.5 Å². The van der Waals surface area contributed by atoms with E-state index in [9.17, 15) is 18.0 Å². The molecule has 0 aliphatic heterocycles. The lowest BCUT2D eigenvalue weighted by Crippen LogP contribution is -2.53. The van der Waals surface area contributed by atoms with Crippen molar-refractivity contribution in [1.29, 1.82) is 0 Å². The van der Waals surface area contributed by atoms with Gasteiger partial charge >= 0.3 is 0 Å². The second-order valence-corrected chi connectivity index (χ2v) is 12.2. The van der Waals surface area contributed by atoms with E-state index in [1.165, 1.54) is 23.1 Å². The molecule has 4 aromatic carbocycles. The number of nitrogens with one attached hydrogen (secondary N) is 1. The number of amides is 2. The van der Waals surface area contributed by atoms with Gasteiger partial charge in [-0.15, -0.1) is 0 Å². The Hall–Kier alpha value is -4.14. The SMILES string of the molecule is CCNC(=O)[C@H](Cc1ccccc1)N(Cc1ccc(C)cc1)C(=O)CN(c1cccc(Cl)c1)S(=O)(=O)c1ccccc1. The minimum atomic E-state index is -4.17. The number of hydrogen-bond acceptors (Lipinski definition) is 4. The van der Waals surface area contributed by atoms with E-state index in [4.69, 9.17) is 11.6 Å². The summed E-state index contributed by atoms with van der Waals surface area (Å²) in [6.07, 6.45) is 0.257. The van der Waals surface area contributed by atoms with Gasteiger partial charge in [-0.3, -0.25) is 13.9 Å². The summed E-state index contributed by atoms with van der Waals surface area (Å²) in [5.41, 5.74) is 2.99. The average molecular weight is 604 g/mol. The smallest absolute Gasteiger partial charge is 0.264 e. The van der Waals surface area contributed by atoms with Crippen LogP contribution in [0.1, 0.15) is 23.6 Å². The van der Waals surface area contributed by atoms with Crippen LogP contribution in [0.15, 0.2) is 114 Å². The molecule has 4 aromatic rings. The van der Waals surface area contributed by atoms with Crippen LogP contribution in [0.25, 0.3) is 0 Å². The molecule has 0 saturated carbocycles. The predicted octanol–water partition coefficient (Wildman–Crippen LogP) is 5.62. The molecule has 9 heteroatoms. The van der Waals surface area contributed by atoms with Crippen molar-refractivity contribution >= 4 is 39.1 Å². The minimum Gasteiger partial charge on any atom is -0.355 e. The van der Waals surface area contributed by atoms with Gasteiger partial charge in [-0.05, 0) is 55.3 Å². The highest BCUT2D eigenvalue weighted by Crippen LogP contribution is 2.27. The topological polar surface area (TPSA) is 86.8 Å². The Labute approximate surface area is 252 Å². The van der Waals surface area contributed by atoms with E-state index >= 15 is 0 Å². The molecule has 0 aromatic heterocycles. The highest BCUT2D eigenvalue weighted by molar-refractivity contribution is 7.92. The van der Waals surface area contributed by atoms with Crippen molar-refractivity contribution in [3.05, 3.63) is 131 Å². The molecule has 2 amide bonds. The lowest BCUT2D eigenvalue weighted by molar-refractivity contribution is -0.140. The quantitative estimate of drug-likeness (QED) is 0.228. The Morgan fingerprint density at radius 2 is 1.48 bits per heavy atom. The number of aryl methyl sites for hydroxylation is 1. The molecule has 0 bridgehead atoms. The van der Waals surface area contributed by atoms with Crippen LogP contribution in [0.4, 0.5) is 5.69 Å². The zero-order valence-corrected chi connectivity index (χ0v) is 25.2. The van der Waals surface area contributed by atoms with Crippen molar-refractivity contribution in [2.75, 3.05) is 17.4 Å². The summed E-state index contributed by atoms with van der Waals surface area (Å²) in [6.45, 7) is 3.75. The number of anilines is 1. The molecule has 0 aliphatic rings. The van der Waals surface area contributed by atoms with E-state index in [-0.39, 0.29) is 29.5 Å². The molecule has 0 saturated heterocycles. The Bertz CT molecular complexity index is 1600. The molecular formula is C33H34ClN3O4S. The zero-order valence-electron chi connectivity index (χ0n) is 23.6. The second kappa shape index (κ2) is 14.2. The molecule has 218 valence electrons. The van der Waals surface area contributed by atoms with Crippen molar-refractivity contribution in [2.45, 2.75) is 37.8 Å². The van der Waals surface area contributed by atoms with Crippen LogP contribution in [0.3, 0.4) is 0 Å². The van der Waals surface area contributed by atoms with E-state index in [0.29, 0.717) is 11.6 Å². The summed E-state index contributed by atoms with van der Waals surface area (Å²) in [5, 5.41) is 3.19. The van der Waals surface area contributed by atoms with Crippen LogP contribution in [-0.4, -0.2) is 44.3 Å². The fourth-order valence-corrected chi connectivity index (χ4v) is 6.23. The molecule has 0 fully saturated rings. The number of nitrogens with zero attached hydrogens (tertiary/aromatic N) is 2. The molecule has 0 heterocycles.